The molecule has 0 radical (unpaired) electrons. The van der Waals surface area contributed by atoms with Gasteiger partial charge in [-0.3, -0.25) is 5.84 Å². The van der Waals surface area contributed by atoms with Gasteiger partial charge in [0.1, 0.15) is 0 Å². The first-order valence-corrected chi connectivity index (χ1v) is 3.83. The van der Waals surface area contributed by atoms with E-state index >= 15 is 0 Å². The Bertz CT molecular complexity index is 239. The lowest BCUT2D eigenvalue weighted by atomic mass is 10.3. The molecule has 0 unspecified atom stereocenters. The van der Waals surface area contributed by atoms with Gasteiger partial charge in [0.2, 0.25) is 0 Å². The van der Waals surface area contributed by atoms with E-state index in [0.717, 1.165) is 10.2 Å². The zero-order chi connectivity index (χ0) is 7.56. The van der Waals surface area contributed by atoms with Crippen LogP contribution < -0.4 is 11.3 Å². The van der Waals surface area contributed by atoms with Crippen molar-refractivity contribution in [3.8, 4) is 0 Å². The molecule has 0 fully saturated rings. The highest BCUT2D eigenvalue weighted by atomic mass is 79.9. The molecule has 0 spiro atoms. The number of nitrogens with two attached hydrogens (primary N) is 1. The molecule has 1 rings (SSSR count). The second kappa shape index (κ2) is 3.23. The zero-order valence-corrected chi connectivity index (χ0v) is 7.41. The second-order valence-corrected chi connectivity index (χ2v) is 3.03. The van der Waals surface area contributed by atoms with E-state index in [1.54, 1.807) is 6.07 Å². The van der Waals surface area contributed by atoms with Gasteiger partial charge < -0.3 is 5.43 Å². The monoisotopic (exact) mass is 220 g/mol. The number of halogens is 2. The SMILES string of the molecule is NNc1ccc(Br)c(Cl)c1. The fourth-order valence-corrected chi connectivity index (χ4v) is 1.01. The zero-order valence-electron chi connectivity index (χ0n) is 5.07. The standard InChI is InChI=1S/C6H6BrClN2/c7-5-2-1-4(10-9)3-6(5)8/h1-3,10H,9H2. The van der Waals surface area contributed by atoms with E-state index in [4.69, 9.17) is 17.4 Å². The van der Waals surface area contributed by atoms with Crippen molar-refractivity contribution < 1.29 is 0 Å². The Morgan fingerprint density at radius 1 is 1.50 bits per heavy atom. The van der Waals surface area contributed by atoms with E-state index in [0.29, 0.717) is 5.02 Å². The van der Waals surface area contributed by atoms with E-state index in [1.807, 2.05) is 12.1 Å². The topological polar surface area (TPSA) is 38.0 Å². The van der Waals surface area contributed by atoms with Crippen LogP contribution in [-0.4, -0.2) is 0 Å². The van der Waals surface area contributed by atoms with Crippen LogP contribution in [0.4, 0.5) is 5.69 Å². The van der Waals surface area contributed by atoms with E-state index in [2.05, 4.69) is 21.4 Å². The summed E-state index contributed by atoms with van der Waals surface area (Å²) < 4.78 is 0.869. The maximum absolute atomic E-state index is 5.75. The second-order valence-electron chi connectivity index (χ2n) is 1.77. The average molecular weight is 221 g/mol. The summed E-state index contributed by atoms with van der Waals surface area (Å²) in [5.41, 5.74) is 3.29. The molecule has 1 aromatic rings. The minimum absolute atomic E-state index is 0.649. The molecule has 2 nitrogen and oxygen atoms in total. The van der Waals surface area contributed by atoms with Gasteiger partial charge >= 0.3 is 0 Å². The van der Waals surface area contributed by atoms with Crippen molar-refractivity contribution in [2.24, 2.45) is 5.84 Å². The number of hydrogen-bond acceptors (Lipinski definition) is 2. The van der Waals surface area contributed by atoms with Crippen LogP contribution in [-0.2, 0) is 0 Å². The summed E-state index contributed by atoms with van der Waals surface area (Å²) in [4.78, 5) is 0. The number of benzene rings is 1. The summed E-state index contributed by atoms with van der Waals surface area (Å²) >= 11 is 9.01. The van der Waals surface area contributed by atoms with Crippen molar-refractivity contribution in [3.63, 3.8) is 0 Å². The van der Waals surface area contributed by atoms with Crippen LogP contribution >= 0.6 is 27.5 Å². The van der Waals surface area contributed by atoms with E-state index < -0.39 is 0 Å². The number of nitrogens with one attached hydrogen (secondary N) is 1. The molecular weight excluding hydrogens is 215 g/mol. The highest BCUT2D eigenvalue weighted by molar-refractivity contribution is 9.10. The molecule has 0 atom stereocenters. The fraction of sp³-hybridized carbons (Fsp3) is 0. The molecule has 0 bridgehead atoms. The first-order chi connectivity index (χ1) is 4.74. The lowest BCUT2D eigenvalue weighted by Gasteiger charge is -2.00. The van der Waals surface area contributed by atoms with Gasteiger partial charge in [-0.25, -0.2) is 0 Å². The van der Waals surface area contributed by atoms with Crippen molar-refractivity contribution in [2.45, 2.75) is 0 Å². The molecule has 0 heterocycles. The summed E-state index contributed by atoms with van der Waals surface area (Å²) in [6.45, 7) is 0. The Balaban J connectivity index is 3.04. The van der Waals surface area contributed by atoms with Crippen LogP contribution in [0.2, 0.25) is 5.02 Å². The largest absolute Gasteiger partial charge is 0.324 e. The van der Waals surface area contributed by atoms with E-state index in [-0.39, 0.29) is 0 Å². The van der Waals surface area contributed by atoms with Gasteiger partial charge in [-0.05, 0) is 34.1 Å². The maximum atomic E-state index is 5.75. The third-order valence-electron chi connectivity index (χ3n) is 1.09. The van der Waals surface area contributed by atoms with Crippen LogP contribution in [0.1, 0.15) is 0 Å². The molecule has 1 aromatic carbocycles. The summed E-state index contributed by atoms with van der Waals surface area (Å²) in [6.07, 6.45) is 0. The van der Waals surface area contributed by atoms with Crippen LogP contribution in [0.15, 0.2) is 22.7 Å². The smallest absolute Gasteiger partial charge is 0.0569 e. The number of anilines is 1. The molecule has 0 aliphatic carbocycles. The predicted octanol–water partition coefficient (Wildman–Crippen LogP) is 2.39. The van der Waals surface area contributed by atoms with Crippen LogP contribution in [0.3, 0.4) is 0 Å². The molecule has 0 aliphatic heterocycles. The van der Waals surface area contributed by atoms with Gasteiger partial charge in [0.15, 0.2) is 0 Å². The average Bonchev–Trinajstić information content (AvgIpc) is 1.95. The molecule has 0 saturated heterocycles. The van der Waals surface area contributed by atoms with Gasteiger partial charge in [-0.2, -0.15) is 0 Å². The predicted molar refractivity (Wildman–Crippen MR) is 47.0 cm³/mol. The van der Waals surface area contributed by atoms with Crippen molar-refractivity contribution in [3.05, 3.63) is 27.7 Å². The number of nitrogen functional groups attached to an aromatic ring is 1. The summed E-state index contributed by atoms with van der Waals surface area (Å²) in [7, 11) is 0. The van der Waals surface area contributed by atoms with Gasteiger partial charge in [-0.15, -0.1) is 0 Å². The van der Waals surface area contributed by atoms with Crippen molar-refractivity contribution in [2.75, 3.05) is 5.43 Å². The van der Waals surface area contributed by atoms with Crippen LogP contribution in [0, 0.1) is 0 Å². The number of hydrazine groups is 1. The van der Waals surface area contributed by atoms with Crippen molar-refractivity contribution in [1.29, 1.82) is 0 Å². The molecule has 54 valence electrons. The molecule has 3 N–H and O–H groups in total. The highest BCUT2D eigenvalue weighted by Gasteiger charge is 1.95. The molecule has 0 aromatic heterocycles. The molecule has 0 aliphatic rings. The van der Waals surface area contributed by atoms with Crippen LogP contribution in [0.25, 0.3) is 0 Å². The van der Waals surface area contributed by atoms with E-state index in [9.17, 15) is 0 Å². The molecule has 0 amide bonds. The van der Waals surface area contributed by atoms with Gasteiger partial charge in [0.25, 0.3) is 0 Å². The first-order valence-electron chi connectivity index (χ1n) is 2.65. The lowest BCUT2D eigenvalue weighted by Crippen LogP contribution is -2.06. The Labute approximate surface area is 72.5 Å². The molecular formula is C6H6BrClN2. The minimum atomic E-state index is 0.649. The van der Waals surface area contributed by atoms with Gasteiger partial charge in [0.05, 0.1) is 10.7 Å². The number of rotatable bonds is 1. The Morgan fingerprint density at radius 2 is 2.20 bits per heavy atom. The summed E-state index contributed by atoms with van der Waals surface area (Å²) in [6, 6.07) is 5.40. The molecule has 4 heteroatoms. The summed E-state index contributed by atoms with van der Waals surface area (Å²) in [5.74, 6) is 5.14. The number of hydrogen-bond donors (Lipinski definition) is 2. The third-order valence-corrected chi connectivity index (χ3v) is 2.32. The van der Waals surface area contributed by atoms with Gasteiger partial charge in [0, 0.05) is 4.47 Å². The highest BCUT2D eigenvalue weighted by Crippen LogP contribution is 2.24. The van der Waals surface area contributed by atoms with Gasteiger partial charge in [-0.1, -0.05) is 11.6 Å². The Morgan fingerprint density at radius 3 is 2.70 bits per heavy atom. The Kier molecular flexibility index (Phi) is 2.54. The Hall–Kier alpha value is -0.250. The van der Waals surface area contributed by atoms with E-state index in [1.165, 1.54) is 0 Å². The first kappa shape index (κ1) is 7.85. The fourth-order valence-electron chi connectivity index (χ4n) is 0.586. The van der Waals surface area contributed by atoms with Crippen LogP contribution in [0.5, 0.6) is 0 Å². The maximum Gasteiger partial charge on any atom is 0.0569 e. The molecule has 0 saturated carbocycles. The third kappa shape index (κ3) is 1.62. The minimum Gasteiger partial charge on any atom is -0.324 e. The summed E-state index contributed by atoms with van der Waals surface area (Å²) in [5, 5.41) is 0.649. The lowest BCUT2D eigenvalue weighted by molar-refractivity contribution is 1.35. The normalized spacial score (nSPS) is 9.50. The quantitative estimate of drug-likeness (QED) is 0.564. The van der Waals surface area contributed by atoms with Crippen molar-refractivity contribution in [1.82, 2.24) is 0 Å². The van der Waals surface area contributed by atoms with Crippen molar-refractivity contribution >= 4 is 33.2 Å². The molecule has 10 heavy (non-hydrogen) atoms.